The van der Waals surface area contributed by atoms with Crippen molar-refractivity contribution < 1.29 is 4.74 Å². The SMILES string of the molecule is COc1cc(Cl)nc(NC(=S)NCC(C)C)n1. The molecule has 0 spiro atoms. The third-order valence-corrected chi connectivity index (χ3v) is 2.22. The molecule has 1 heterocycles. The van der Waals surface area contributed by atoms with E-state index in [-0.39, 0.29) is 0 Å². The lowest BCUT2D eigenvalue weighted by atomic mass is 10.2. The summed E-state index contributed by atoms with van der Waals surface area (Å²) < 4.78 is 4.98. The van der Waals surface area contributed by atoms with E-state index in [1.54, 1.807) is 0 Å². The second kappa shape index (κ2) is 6.56. The summed E-state index contributed by atoms with van der Waals surface area (Å²) in [4.78, 5) is 8.05. The third kappa shape index (κ3) is 5.14. The van der Waals surface area contributed by atoms with E-state index < -0.39 is 0 Å². The van der Waals surface area contributed by atoms with E-state index in [1.807, 2.05) is 0 Å². The minimum absolute atomic E-state index is 0.297. The molecule has 1 aromatic rings. The van der Waals surface area contributed by atoms with Gasteiger partial charge in [0.15, 0.2) is 5.11 Å². The van der Waals surface area contributed by atoms with Gasteiger partial charge in [0.1, 0.15) is 5.15 Å². The number of hydrogen-bond donors (Lipinski definition) is 2. The molecule has 5 nitrogen and oxygen atoms in total. The maximum absolute atomic E-state index is 5.80. The smallest absolute Gasteiger partial charge is 0.233 e. The van der Waals surface area contributed by atoms with E-state index >= 15 is 0 Å². The van der Waals surface area contributed by atoms with Crippen molar-refractivity contribution in [3.05, 3.63) is 11.2 Å². The molecule has 0 unspecified atom stereocenters. The van der Waals surface area contributed by atoms with Crippen LogP contribution in [0.2, 0.25) is 5.15 Å². The standard InChI is InChI=1S/C10H15ClN4OS/c1-6(2)5-12-10(17)15-9-13-7(11)4-8(14-9)16-3/h4,6H,5H2,1-3H3,(H2,12,13,14,15,17). The first-order valence-corrected chi connectivity index (χ1v) is 5.93. The molecule has 0 radical (unpaired) electrons. The normalized spacial score (nSPS) is 10.2. The third-order valence-electron chi connectivity index (χ3n) is 1.78. The van der Waals surface area contributed by atoms with Crippen molar-refractivity contribution in [3.63, 3.8) is 0 Å². The van der Waals surface area contributed by atoms with E-state index in [0.717, 1.165) is 6.54 Å². The van der Waals surface area contributed by atoms with Crippen LogP contribution in [-0.4, -0.2) is 28.7 Å². The summed E-state index contributed by atoms with van der Waals surface area (Å²) in [5, 5.41) is 6.65. The van der Waals surface area contributed by atoms with E-state index in [2.05, 4.69) is 34.4 Å². The molecule has 0 aromatic carbocycles. The summed E-state index contributed by atoms with van der Waals surface area (Å²) in [6.45, 7) is 4.96. The molecule has 0 bridgehead atoms. The summed E-state index contributed by atoms with van der Waals surface area (Å²) in [6.07, 6.45) is 0. The van der Waals surface area contributed by atoms with Crippen LogP contribution in [0.1, 0.15) is 13.8 Å². The Morgan fingerprint density at radius 1 is 1.53 bits per heavy atom. The topological polar surface area (TPSA) is 59.1 Å². The van der Waals surface area contributed by atoms with Crippen LogP contribution < -0.4 is 15.4 Å². The highest BCUT2D eigenvalue weighted by molar-refractivity contribution is 7.80. The summed E-state index contributed by atoms with van der Waals surface area (Å²) in [5.41, 5.74) is 0. The fourth-order valence-corrected chi connectivity index (χ4v) is 1.35. The molecule has 7 heteroatoms. The zero-order valence-electron chi connectivity index (χ0n) is 9.95. The fourth-order valence-electron chi connectivity index (χ4n) is 1.00. The molecule has 1 aromatic heterocycles. The van der Waals surface area contributed by atoms with Gasteiger partial charge in [0.25, 0.3) is 0 Å². The predicted molar refractivity (Wildman–Crippen MR) is 72.7 cm³/mol. The number of rotatable bonds is 4. The molecule has 0 aliphatic heterocycles. The maximum atomic E-state index is 5.80. The molecule has 0 aliphatic carbocycles. The Hall–Kier alpha value is -1.14. The van der Waals surface area contributed by atoms with Crippen molar-refractivity contribution in [1.82, 2.24) is 15.3 Å². The summed E-state index contributed by atoms with van der Waals surface area (Å²) in [5.74, 6) is 1.21. The van der Waals surface area contributed by atoms with E-state index in [0.29, 0.717) is 28.0 Å². The highest BCUT2D eigenvalue weighted by Crippen LogP contribution is 2.15. The number of hydrogen-bond acceptors (Lipinski definition) is 4. The number of nitrogens with one attached hydrogen (secondary N) is 2. The van der Waals surface area contributed by atoms with Gasteiger partial charge in [0, 0.05) is 12.6 Å². The monoisotopic (exact) mass is 274 g/mol. The van der Waals surface area contributed by atoms with Crippen LogP contribution >= 0.6 is 23.8 Å². The average Bonchev–Trinajstić information content (AvgIpc) is 2.25. The largest absolute Gasteiger partial charge is 0.481 e. The van der Waals surface area contributed by atoms with Gasteiger partial charge in [0.05, 0.1) is 7.11 Å². The number of anilines is 1. The van der Waals surface area contributed by atoms with Crippen LogP contribution in [0.15, 0.2) is 6.07 Å². The van der Waals surface area contributed by atoms with Gasteiger partial charge in [-0.05, 0) is 18.1 Å². The molecular weight excluding hydrogens is 260 g/mol. The Bertz CT molecular complexity index is 400. The first-order chi connectivity index (χ1) is 8.01. The van der Waals surface area contributed by atoms with E-state index in [4.69, 9.17) is 28.6 Å². The molecular formula is C10H15ClN4OS. The zero-order valence-corrected chi connectivity index (χ0v) is 11.5. The second-order valence-corrected chi connectivity index (χ2v) is 4.58. The average molecular weight is 275 g/mol. The number of ether oxygens (including phenoxy) is 1. The molecule has 2 N–H and O–H groups in total. The lowest BCUT2D eigenvalue weighted by Crippen LogP contribution is -2.32. The Kier molecular flexibility index (Phi) is 5.37. The second-order valence-electron chi connectivity index (χ2n) is 3.79. The summed E-state index contributed by atoms with van der Waals surface area (Å²) >= 11 is 10.9. The molecule has 0 fully saturated rings. The van der Waals surface area contributed by atoms with Gasteiger partial charge in [0.2, 0.25) is 11.8 Å². The minimum Gasteiger partial charge on any atom is -0.481 e. The number of aromatic nitrogens is 2. The number of nitrogens with zero attached hydrogens (tertiary/aromatic N) is 2. The highest BCUT2D eigenvalue weighted by Gasteiger charge is 2.05. The predicted octanol–water partition coefficient (Wildman–Crippen LogP) is 2.08. The number of methoxy groups -OCH3 is 1. The minimum atomic E-state index is 0.297. The van der Waals surface area contributed by atoms with Gasteiger partial charge < -0.3 is 15.4 Å². The van der Waals surface area contributed by atoms with Gasteiger partial charge in [-0.3, -0.25) is 0 Å². The molecule has 0 amide bonds. The Morgan fingerprint density at radius 3 is 2.82 bits per heavy atom. The number of halogens is 1. The highest BCUT2D eigenvalue weighted by atomic mass is 35.5. The van der Waals surface area contributed by atoms with Crippen molar-refractivity contribution in [2.24, 2.45) is 5.92 Å². The molecule has 1 rings (SSSR count). The van der Waals surface area contributed by atoms with Gasteiger partial charge in [-0.2, -0.15) is 4.98 Å². The summed E-state index contributed by atoms with van der Waals surface area (Å²) in [6, 6.07) is 1.53. The zero-order chi connectivity index (χ0) is 12.8. The van der Waals surface area contributed by atoms with Crippen LogP contribution in [0.3, 0.4) is 0 Å². The quantitative estimate of drug-likeness (QED) is 0.648. The van der Waals surface area contributed by atoms with Crippen LogP contribution in [0.5, 0.6) is 5.88 Å². The van der Waals surface area contributed by atoms with E-state index in [1.165, 1.54) is 13.2 Å². The molecule has 0 aliphatic rings. The molecule has 17 heavy (non-hydrogen) atoms. The van der Waals surface area contributed by atoms with Gasteiger partial charge in [-0.15, -0.1) is 0 Å². The Morgan fingerprint density at radius 2 is 2.24 bits per heavy atom. The lowest BCUT2D eigenvalue weighted by molar-refractivity contribution is 0.397. The van der Waals surface area contributed by atoms with Crippen molar-refractivity contribution >= 4 is 34.9 Å². The van der Waals surface area contributed by atoms with Crippen molar-refractivity contribution in [2.75, 3.05) is 19.0 Å². The van der Waals surface area contributed by atoms with E-state index in [9.17, 15) is 0 Å². The molecule has 0 saturated carbocycles. The van der Waals surface area contributed by atoms with Crippen molar-refractivity contribution in [3.8, 4) is 5.88 Å². The van der Waals surface area contributed by atoms with Crippen LogP contribution in [0.4, 0.5) is 5.95 Å². The Balaban J connectivity index is 2.61. The first kappa shape index (κ1) is 13.9. The number of thiocarbonyl (C=S) groups is 1. The lowest BCUT2D eigenvalue weighted by Gasteiger charge is -2.11. The fraction of sp³-hybridized carbons (Fsp3) is 0.500. The Labute approximate surface area is 111 Å². The van der Waals surface area contributed by atoms with Gasteiger partial charge >= 0.3 is 0 Å². The van der Waals surface area contributed by atoms with Gasteiger partial charge in [-0.25, -0.2) is 4.98 Å². The van der Waals surface area contributed by atoms with Crippen LogP contribution in [0.25, 0.3) is 0 Å². The molecule has 94 valence electrons. The van der Waals surface area contributed by atoms with Crippen molar-refractivity contribution in [1.29, 1.82) is 0 Å². The van der Waals surface area contributed by atoms with Crippen molar-refractivity contribution in [2.45, 2.75) is 13.8 Å². The molecule has 0 atom stereocenters. The maximum Gasteiger partial charge on any atom is 0.233 e. The van der Waals surface area contributed by atoms with Gasteiger partial charge in [-0.1, -0.05) is 25.4 Å². The van der Waals surface area contributed by atoms with Crippen LogP contribution in [-0.2, 0) is 0 Å². The summed E-state index contributed by atoms with van der Waals surface area (Å²) in [7, 11) is 1.51. The van der Waals surface area contributed by atoms with Crippen LogP contribution in [0, 0.1) is 5.92 Å². The molecule has 0 saturated heterocycles. The first-order valence-electron chi connectivity index (χ1n) is 5.14.